The minimum atomic E-state index is -0.0106. The zero-order valence-electron chi connectivity index (χ0n) is 11.3. The lowest BCUT2D eigenvalue weighted by Gasteiger charge is -2.20. The van der Waals surface area contributed by atoms with E-state index in [1.807, 2.05) is 25.2 Å². The van der Waals surface area contributed by atoms with Crippen molar-refractivity contribution in [3.63, 3.8) is 0 Å². The van der Waals surface area contributed by atoms with Crippen LogP contribution in [0.5, 0.6) is 0 Å². The van der Waals surface area contributed by atoms with Gasteiger partial charge in [0.25, 0.3) is 0 Å². The first-order chi connectivity index (χ1) is 9.54. The van der Waals surface area contributed by atoms with Gasteiger partial charge >= 0.3 is 0 Å². The van der Waals surface area contributed by atoms with Crippen molar-refractivity contribution in [1.82, 2.24) is 15.1 Å². The molecule has 0 bridgehead atoms. The molecule has 1 heterocycles. The molecular weight excluding hydrogens is 361 g/mol. The normalized spacial score (nSPS) is 12.7. The highest BCUT2D eigenvalue weighted by atomic mass is 79.9. The third-order valence-electron chi connectivity index (χ3n) is 3.09. The van der Waals surface area contributed by atoms with Crippen molar-refractivity contribution in [2.75, 3.05) is 6.54 Å². The second-order valence-electron chi connectivity index (χ2n) is 4.56. The summed E-state index contributed by atoms with van der Waals surface area (Å²) in [5.74, 6) is 0. The molecule has 0 radical (unpaired) electrons. The van der Waals surface area contributed by atoms with Crippen LogP contribution < -0.4 is 5.32 Å². The van der Waals surface area contributed by atoms with Crippen LogP contribution in [0.3, 0.4) is 0 Å². The van der Waals surface area contributed by atoms with Crippen LogP contribution in [-0.2, 0) is 7.05 Å². The fraction of sp³-hybridized carbons (Fsp3) is 0.357. The number of hydrogen-bond donors (Lipinski definition) is 1. The van der Waals surface area contributed by atoms with Gasteiger partial charge in [0.1, 0.15) is 0 Å². The van der Waals surface area contributed by atoms with Crippen LogP contribution in [-0.4, -0.2) is 16.3 Å². The maximum absolute atomic E-state index is 6.28. The van der Waals surface area contributed by atoms with Crippen LogP contribution in [0.25, 0.3) is 0 Å². The Morgan fingerprint density at radius 3 is 2.65 bits per heavy atom. The van der Waals surface area contributed by atoms with Gasteiger partial charge in [-0.15, -0.1) is 0 Å². The van der Waals surface area contributed by atoms with E-state index < -0.39 is 0 Å². The molecule has 0 aliphatic carbocycles. The van der Waals surface area contributed by atoms with E-state index in [1.165, 1.54) is 0 Å². The molecule has 1 unspecified atom stereocenters. The van der Waals surface area contributed by atoms with E-state index in [1.54, 1.807) is 10.9 Å². The Morgan fingerprint density at radius 1 is 1.35 bits per heavy atom. The molecule has 2 rings (SSSR count). The molecule has 3 nitrogen and oxygen atoms in total. The molecule has 0 fully saturated rings. The Hall–Kier alpha value is -0.550. The number of rotatable bonds is 5. The van der Waals surface area contributed by atoms with Crippen LogP contribution in [0.1, 0.15) is 30.6 Å². The number of aryl methyl sites for hydroxylation is 1. The Bertz CT molecular complexity index is 579. The first kappa shape index (κ1) is 15.8. The van der Waals surface area contributed by atoms with Gasteiger partial charge in [-0.1, -0.05) is 36.2 Å². The lowest BCUT2D eigenvalue weighted by molar-refractivity contribution is 0.553. The van der Waals surface area contributed by atoms with Gasteiger partial charge in [-0.3, -0.25) is 4.68 Å². The second-order valence-corrected chi connectivity index (χ2v) is 6.23. The summed E-state index contributed by atoms with van der Waals surface area (Å²) in [6.45, 7) is 3.03. The van der Waals surface area contributed by atoms with Gasteiger partial charge in [0.15, 0.2) is 0 Å². The third-order valence-corrected chi connectivity index (χ3v) is 4.59. The van der Waals surface area contributed by atoms with Crippen LogP contribution >= 0.6 is 39.1 Å². The van der Waals surface area contributed by atoms with E-state index >= 15 is 0 Å². The number of aromatic nitrogens is 2. The second kappa shape index (κ2) is 6.94. The number of nitrogens with zero attached hydrogens (tertiary/aromatic N) is 2. The summed E-state index contributed by atoms with van der Waals surface area (Å²) in [5, 5.41) is 9.08. The van der Waals surface area contributed by atoms with Crippen molar-refractivity contribution < 1.29 is 0 Å². The third kappa shape index (κ3) is 3.37. The van der Waals surface area contributed by atoms with Crippen LogP contribution in [0.2, 0.25) is 10.0 Å². The van der Waals surface area contributed by atoms with Gasteiger partial charge in [-0.2, -0.15) is 5.10 Å². The van der Waals surface area contributed by atoms with E-state index in [0.717, 1.165) is 28.7 Å². The highest BCUT2D eigenvalue weighted by Gasteiger charge is 2.21. The molecule has 108 valence electrons. The molecule has 1 N–H and O–H groups in total. The van der Waals surface area contributed by atoms with Crippen molar-refractivity contribution in [3.05, 3.63) is 50.2 Å². The van der Waals surface area contributed by atoms with E-state index in [0.29, 0.717) is 10.0 Å². The fourth-order valence-corrected chi connectivity index (χ4v) is 2.89. The Kier molecular flexibility index (Phi) is 5.49. The summed E-state index contributed by atoms with van der Waals surface area (Å²) in [5.41, 5.74) is 2.05. The molecule has 6 heteroatoms. The number of nitrogens with one attached hydrogen (secondary N) is 1. The summed E-state index contributed by atoms with van der Waals surface area (Å²) < 4.78 is 2.68. The molecule has 0 amide bonds. The quantitative estimate of drug-likeness (QED) is 0.827. The predicted molar refractivity (Wildman–Crippen MR) is 87.5 cm³/mol. The average Bonchev–Trinajstić information content (AvgIpc) is 2.75. The summed E-state index contributed by atoms with van der Waals surface area (Å²) in [7, 11) is 1.90. The molecule has 0 spiro atoms. The van der Waals surface area contributed by atoms with Crippen molar-refractivity contribution in [3.8, 4) is 0 Å². The summed E-state index contributed by atoms with van der Waals surface area (Å²) in [4.78, 5) is 0. The monoisotopic (exact) mass is 375 g/mol. The lowest BCUT2D eigenvalue weighted by Crippen LogP contribution is -2.25. The topological polar surface area (TPSA) is 29.9 Å². The maximum atomic E-state index is 6.28. The van der Waals surface area contributed by atoms with Crippen LogP contribution in [0, 0.1) is 0 Å². The summed E-state index contributed by atoms with van der Waals surface area (Å²) in [6, 6.07) is 5.89. The van der Waals surface area contributed by atoms with Gasteiger partial charge in [0.05, 0.1) is 28.0 Å². The van der Waals surface area contributed by atoms with E-state index in [2.05, 4.69) is 33.3 Å². The molecular formula is C14H16BrCl2N3. The molecule has 2 aromatic rings. The molecule has 1 aromatic heterocycles. The maximum Gasteiger partial charge on any atom is 0.0837 e. The first-order valence-corrected chi connectivity index (χ1v) is 7.95. The van der Waals surface area contributed by atoms with Gasteiger partial charge in [0, 0.05) is 11.5 Å². The Morgan fingerprint density at radius 2 is 2.10 bits per heavy atom. The van der Waals surface area contributed by atoms with Crippen LogP contribution in [0.4, 0.5) is 0 Å². The Balaban J connectivity index is 2.44. The number of benzene rings is 1. The van der Waals surface area contributed by atoms with E-state index in [9.17, 15) is 0 Å². The van der Waals surface area contributed by atoms with Crippen molar-refractivity contribution >= 4 is 39.1 Å². The number of halogens is 3. The smallest absolute Gasteiger partial charge is 0.0837 e. The number of hydrogen-bond acceptors (Lipinski definition) is 2. The molecule has 0 aliphatic rings. The zero-order chi connectivity index (χ0) is 14.7. The van der Waals surface area contributed by atoms with Gasteiger partial charge in [-0.25, -0.2) is 0 Å². The Labute approximate surface area is 137 Å². The standard InChI is InChI=1S/C14H16BrCl2N3/c1-3-6-18-13(14-12(17)8-19-20(14)2)9-4-5-11(16)10(15)7-9/h4-5,7-8,13,18H,3,6H2,1-2H3. The highest BCUT2D eigenvalue weighted by Crippen LogP contribution is 2.31. The molecule has 0 aliphatic heterocycles. The molecule has 0 saturated heterocycles. The minimum absolute atomic E-state index is 0.0106. The van der Waals surface area contributed by atoms with Gasteiger partial charge < -0.3 is 5.32 Å². The van der Waals surface area contributed by atoms with Crippen molar-refractivity contribution in [2.24, 2.45) is 7.05 Å². The summed E-state index contributed by atoms with van der Waals surface area (Å²) >= 11 is 15.8. The molecule has 0 saturated carbocycles. The van der Waals surface area contributed by atoms with Crippen LogP contribution in [0.15, 0.2) is 28.9 Å². The lowest BCUT2D eigenvalue weighted by atomic mass is 10.0. The SMILES string of the molecule is CCCNC(c1ccc(Cl)c(Br)c1)c1c(Cl)cnn1C. The van der Waals surface area contributed by atoms with Crippen molar-refractivity contribution in [1.29, 1.82) is 0 Å². The van der Waals surface area contributed by atoms with E-state index in [-0.39, 0.29) is 6.04 Å². The van der Waals surface area contributed by atoms with Gasteiger partial charge in [-0.05, 0) is 46.6 Å². The van der Waals surface area contributed by atoms with E-state index in [4.69, 9.17) is 23.2 Å². The average molecular weight is 377 g/mol. The fourth-order valence-electron chi connectivity index (χ4n) is 2.10. The molecule has 1 atom stereocenters. The molecule has 1 aromatic carbocycles. The first-order valence-electron chi connectivity index (χ1n) is 6.40. The predicted octanol–water partition coefficient (Wildman–Crippen LogP) is 4.58. The van der Waals surface area contributed by atoms with Crippen molar-refractivity contribution in [2.45, 2.75) is 19.4 Å². The molecule has 20 heavy (non-hydrogen) atoms. The van der Waals surface area contributed by atoms with Gasteiger partial charge in [0.2, 0.25) is 0 Å². The summed E-state index contributed by atoms with van der Waals surface area (Å²) in [6.07, 6.45) is 2.71. The zero-order valence-corrected chi connectivity index (χ0v) is 14.4. The largest absolute Gasteiger partial charge is 0.305 e. The highest BCUT2D eigenvalue weighted by molar-refractivity contribution is 9.10. The minimum Gasteiger partial charge on any atom is -0.305 e.